The van der Waals surface area contributed by atoms with Gasteiger partial charge in [-0.1, -0.05) is 17.7 Å². The van der Waals surface area contributed by atoms with Crippen molar-refractivity contribution in [2.45, 2.75) is 63.8 Å². The monoisotopic (exact) mass is 872 g/mol. The predicted octanol–water partition coefficient (Wildman–Crippen LogP) is 4.51. The lowest BCUT2D eigenvalue weighted by Gasteiger charge is -2.38. The molecule has 61 heavy (non-hydrogen) atoms. The van der Waals surface area contributed by atoms with Gasteiger partial charge in [0.1, 0.15) is 23.9 Å². The maximum atomic E-state index is 6.50. The van der Waals surface area contributed by atoms with Crippen molar-refractivity contribution in [1.29, 1.82) is 0 Å². The van der Waals surface area contributed by atoms with E-state index < -0.39 is 0 Å². The molecule has 4 heterocycles. The molecule has 0 radical (unpaired) electrons. The molecule has 6 rings (SSSR count). The number of nitrogens with zero attached hydrogens (tertiary/aromatic N) is 9. The number of halogens is 1. The van der Waals surface area contributed by atoms with E-state index in [4.69, 9.17) is 59.3 Å². The van der Waals surface area contributed by atoms with Crippen molar-refractivity contribution in [3.05, 3.63) is 48.1 Å². The van der Waals surface area contributed by atoms with E-state index in [1.54, 1.807) is 36.6 Å². The Morgan fingerprint density at radius 1 is 0.803 bits per heavy atom. The standard InChI is InChI=1S/C41H61ClN10O9/c1-32(29-51-31-45-48-49-51)61-39-26-33(4-9-37(39)42)34-27-43-41(44-28-34)46-38-30-52(36-7-5-35(6-8-36)50-10-14-55-15-11-50)47-40(38)60-13-3-12-54-18-19-57-22-23-59-25-24-58-21-20-56-17-16-53-2/h4,9,26-28,30-32,35-36H,3,5-8,10-25,29H2,1-2H3,(H,43,44,46)/t32-,35?,36?/m0/s1. The minimum absolute atomic E-state index is 0.222. The molecule has 20 heteroatoms. The second kappa shape index (κ2) is 26.4. The number of benzene rings is 1. The normalized spacial score (nSPS) is 17.7. The van der Waals surface area contributed by atoms with E-state index in [0.717, 1.165) is 63.1 Å². The van der Waals surface area contributed by atoms with Crippen LogP contribution in [0.5, 0.6) is 11.6 Å². The van der Waals surface area contributed by atoms with Gasteiger partial charge in [0, 0.05) is 57.2 Å². The number of hydrogen-bond acceptors (Lipinski definition) is 17. The van der Waals surface area contributed by atoms with Crippen molar-refractivity contribution in [2.24, 2.45) is 0 Å². The van der Waals surface area contributed by atoms with Gasteiger partial charge < -0.3 is 47.9 Å². The topological polar surface area (TPSA) is 186 Å². The number of hydrogen-bond donors (Lipinski definition) is 1. The van der Waals surface area contributed by atoms with Crippen LogP contribution in [-0.2, 0) is 39.7 Å². The van der Waals surface area contributed by atoms with Crippen LogP contribution in [0.4, 0.5) is 11.6 Å². The highest BCUT2D eigenvalue weighted by atomic mass is 35.5. The molecular formula is C41H61ClN10O9. The van der Waals surface area contributed by atoms with Gasteiger partial charge in [0.25, 0.3) is 5.88 Å². The van der Waals surface area contributed by atoms with Crippen molar-refractivity contribution in [2.75, 3.05) is 118 Å². The highest BCUT2D eigenvalue weighted by Crippen LogP contribution is 2.35. The quantitative estimate of drug-likeness (QED) is 0.0751. The van der Waals surface area contributed by atoms with E-state index in [1.807, 2.05) is 29.9 Å². The van der Waals surface area contributed by atoms with Gasteiger partial charge in [0.2, 0.25) is 5.95 Å². The summed E-state index contributed by atoms with van der Waals surface area (Å²) < 4.78 is 54.3. The Morgan fingerprint density at radius 2 is 1.44 bits per heavy atom. The minimum atomic E-state index is -0.222. The van der Waals surface area contributed by atoms with Gasteiger partial charge in [-0.05, 0) is 60.7 Å². The van der Waals surface area contributed by atoms with Gasteiger partial charge in [0.15, 0.2) is 0 Å². The van der Waals surface area contributed by atoms with Crippen molar-refractivity contribution >= 4 is 23.2 Å². The molecule has 1 saturated heterocycles. The lowest BCUT2D eigenvalue weighted by Crippen LogP contribution is -2.45. The van der Waals surface area contributed by atoms with E-state index in [1.165, 1.54) is 0 Å². The fraction of sp³-hybridized carbons (Fsp3) is 0.659. The third-order valence-electron chi connectivity index (χ3n) is 10.2. The lowest BCUT2D eigenvalue weighted by molar-refractivity contribution is -0.0150. The average molecular weight is 873 g/mol. The van der Waals surface area contributed by atoms with Crippen LogP contribution in [0.1, 0.15) is 45.1 Å². The molecule has 1 aromatic carbocycles. The van der Waals surface area contributed by atoms with Crippen molar-refractivity contribution in [3.8, 4) is 22.8 Å². The van der Waals surface area contributed by atoms with E-state index in [2.05, 4.69) is 35.7 Å². The number of anilines is 2. The Balaban J connectivity index is 0.950. The molecule has 2 aliphatic rings. The molecule has 3 aromatic heterocycles. The van der Waals surface area contributed by atoms with Gasteiger partial charge in [-0.25, -0.2) is 14.6 Å². The third-order valence-corrected chi connectivity index (χ3v) is 10.5. The molecule has 0 spiro atoms. The molecular weight excluding hydrogens is 812 g/mol. The second-order valence-corrected chi connectivity index (χ2v) is 15.1. The zero-order valence-corrected chi connectivity index (χ0v) is 36.2. The molecule has 0 unspecified atom stereocenters. The van der Waals surface area contributed by atoms with E-state index in [9.17, 15) is 0 Å². The SMILES string of the molecule is COCCOCCOCCOCCOCCOCCCOc1nn(C2CCC(N3CCOCC3)CC2)cc1Nc1ncc(-c2ccc(Cl)c(O[C@@H](C)Cn3cnnn3)c2)cn1. The number of aromatic nitrogens is 8. The molecule has 1 saturated carbocycles. The van der Waals surface area contributed by atoms with Gasteiger partial charge in [-0.15, -0.1) is 10.2 Å². The molecule has 336 valence electrons. The molecule has 0 bridgehead atoms. The first-order valence-electron chi connectivity index (χ1n) is 21.2. The maximum Gasteiger partial charge on any atom is 0.256 e. The first-order chi connectivity index (χ1) is 30.1. The first-order valence-corrected chi connectivity index (χ1v) is 21.6. The van der Waals surface area contributed by atoms with Crippen LogP contribution in [-0.4, -0.2) is 170 Å². The van der Waals surface area contributed by atoms with Crippen LogP contribution >= 0.6 is 11.6 Å². The molecule has 1 atom stereocenters. The van der Waals surface area contributed by atoms with Gasteiger partial charge in [-0.2, -0.15) is 0 Å². The fourth-order valence-corrected chi connectivity index (χ4v) is 7.22. The molecule has 1 aliphatic carbocycles. The van der Waals surface area contributed by atoms with Crippen molar-refractivity contribution < 1.29 is 42.6 Å². The smallest absolute Gasteiger partial charge is 0.256 e. The van der Waals surface area contributed by atoms with E-state index in [0.29, 0.717) is 127 Å². The Kier molecular flexibility index (Phi) is 20.1. The number of rotatable bonds is 29. The van der Waals surface area contributed by atoms with Crippen LogP contribution in [0.2, 0.25) is 5.02 Å². The summed E-state index contributed by atoms with van der Waals surface area (Å²) in [6.45, 7) is 12.2. The van der Waals surface area contributed by atoms with Crippen LogP contribution in [0.25, 0.3) is 11.1 Å². The van der Waals surface area contributed by atoms with Gasteiger partial charge in [-0.3, -0.25) is 9.58 Å². The van der Waals surface area contributed by atoms with Crippen LogP contribution in [0.3, 0.4) is 0 Å². The predicted molar refractivity (Wildman–Crippen MR) is 226 cm³/mol. The van der Waals surface area contributed by atoms with Crippen molar-refractivity contribution in [3.63, 3.8) is 0 Å². The maximum absolute atomic E-state index is 6.50. The zero-order valence-electron chi connectivity index (χ0n) is 35.4. The molecule has 1 N–H and O–H groups in total. The Morgan fingerprint density at radius 3 is 2.08 bits per heavy atom. The molecule has 19 nitrogen and oxygen atoms in total. The van der Waals surface area contributed by atoms with Crippen LogP contribution < -0.4 is 14.8 Å². The second-order valence-electron chi connectivity index (χ2n) is 14.7. The van der Waals surface area contributed by atoms with Crippen LogP contribution in [0, 0.1) is 0 Å². The number of nitrogens with one attached hydrogen (secondary N) is 1. The summed E-state index contributed by atoms with van der Waals surface area (Å²) in [5.74, 6) is 1.47. The highest BCUT2D eigenvalue weighted by Gasteiger charge is 2.29. The van der Waals surface area contributed by atoms with E-state index >= 15 is 0 Å². The highest BCUT2D eigenvalue weighted by molar-refractivity contribution is 6.32. The molecule has 2 fully saturated rings. The van der Waals surface area contributed by atoms with Gasteiger partial charge in [0.05, 0.1) is 110 Å². The summed E-state index contributed by atoms with van der Waals surface area (Å²) in [6.07, 6.45) is 11.9. The largest absolute Gasteiger partial charge is 0.487 e. The lowest BCUT2D eigenvalue weighted by atomic mass is 9.90. The van der Waals surface area contributed by atoms with Gasteiger partial charge >= 0.3 is 0 Å². The Labute approximate surface area is 362 Å². The Bertz CT molecular complexity index is 1780. The summed E-state index contributed by atoms with van der Waals surface area (Å²) in [7, 11) is 1.65. The number of methoxy groups -OCH3 is 1. The molecule has 0 amide bonds. The van der Waals surface area contributed by atoms with E-state index in [-0.39, 0.29) is 12.1 Å². The summed E-state index contributed by atoms with van der Waals surface area (Å²) in [5, 5.41) is 20.0. The zero-order chi connectivity index (χ0) is 42.3. The fourth-order valence-electron chi connectivity index (χ4n) is 7.06. The number of tetrazole rings is 1. The molecule has 4 aromatic rings. The Hall–Kier alpha value is -4.05. The van der Waals surface area contributed by atoms with Crippen molar-refractivity contribution in [1.82, 2.24) is 44.9 Å². The summed E-state index contributed by atoms with van der Waals surface area (Å²) in [5.41, 5.74) is 2.37. The average Bonchev–Trinajstić information content (AvgIpc) is 3.95. The number of morpholine rings is 1. The van der Waals surface area contributed by atoms with Crippen LogP contribution in [0.15, 0.2) is 43.1 Å². The summed E-state index contributed by atoms with van der Waals surface area (Å²) in [6, 6.07) is 6.45. The third kappa shape index (κ3) is 16.0. The first kappa shape index (κ1) is 46.5. The summed E-state index contributed by atoms with van der Waals surface area (Å²) in [4.78, 5) is 11.9. The minimum Gasteiger partial charge on any atom is -0.487 e. The molecule has 1 aliphatic heterocycles. The number of ether oxygens (including phenoxy) is 9. The summed E-state index contributed by atoms with van der Waals surface area (Å²) >= 11 is 6.50.